The summed E-state index contributed by atoms with van der Waals surface area (Å²) < 4.78 is 3.93. The lowest BCUT2D eigenvalue weighted by Crippen LogP contribution is -2.41. The fourth-order valence-corrected chi connectivity index (χ4v) is 2.59. The molecule has 0 aromatic carbocycles. The molecule has 0 saturated carbocycles. The van der Waals surface area contributed by atoms with E-state index in [1.165, 1.54) is 0 Å². The van der Waals surface area contributed by atoms with E-state index in [-0.39, 0.29) is 11.9 Å². The molecule has 1 unspecified atom stereocenters. The van der Waals surface area contributed by atoms with E-state index in [0.717, 1.165) is 30.8 Å². The Bertz CT molecular complexity index is 600. The van der Waals surface area contributed by atoms with Gasteiger partial charge in [0.25, 0.3) is 0 Å². The van der Waals surface area contributed by atoms with E-state index in [4.69, 9.17) is 0 Å². The van der Waals surface area contributed by atoms with Crippen LogP contribution in [-0.2, 0) is 24.3 Å². The number of imidazole rings is 1. The van der Waals surface area contributed by atoms with Crippen molar-refractivity contribution < 1.29 is 4.79 Å². The number of nitrogens with zero attached hydrogens (tertiary/aromatic N) is 4. The first-order valence-electron chi connectivity index (χ1n) is 6.99. The highest BCUT2D eigenvalue weighted by atomic mass is 16.1. The van der Waals surface area contributed by atoms with Crippen LogP contribution in [0.25, 0.3) is 0 Å². The van der Waals surface area contributed by atoms with Gasteiger partial charge in [-0.3, -0.25) is 9.48 Å². The Balaban J connectivity index is 1.47. The monoisotopic (exact) mass is 273 g/mol. The van der Waals surface area contributed by atoms with Crippen LogP contribution in [-0.4, -0.2) is 31.3 Å². The van der Waals surface area contributed by atoms with E-state index in [1.54, 1.807) is 6.20 Å². The van der Waals surface area contributed by atoms with Crippen LogP contribution in [0.4, 0.5) is 0 Å². The van der Waals surface area contributed by atoms with Crippen molar-refractivity contribution in [1.82, 2.24) is 24.6 Å². The normalized spacial score (nSPS) is 17.8. The van der Waals surface area contributed by atoms with E-state index >= 15 is 0 Å². The molecule has 0 fully saturated rings. The van der Waals surface area contributed by atoms with Gasteiger partial charge in [-0.2, -0.15) is 5.10 Å². The second-order valence-electron chi connectivity index (χ2n) is 5.33. The van der Waals surface area contributed by atoms with E-state index in [9.17, 15) is 4.79 Å². The molecule has 6 heteroatoms. The summed E-state index contributed by atoms with van der Waals surface area (Å²) in [5.41, 5.74) is 1.12. The van der Waals surface area contributed by atoms with Gasteiger partial charge in [-0.05, 0) is 18.9 Å². The molecule has 3 rings (SSSR count). The molecule has 0 radical (unpaired) electrons. The quantitative estimate of drug-likeness (QED) is 0.900. The van der Waals surface area contributed by atoms with Crippen LogP contribution in [0.2, 0.25) is 0 Å². The average Bonchev–Trinajstić information content (AvgIpc) is 3.04. The van der Waals surface area contributed by atoms with Gasteiger partial charge < -0.3 is 9.88 Å². The maximum Gasteiger partial charge on any atom is 0.222 e. The van der Waals surface area contributed by atoms with Gasteiger partial charge >= 0.3 is 0 Å². The molecule has 1 N–H and O–H groups in total. The number of rotatable bonds is 4. The van der Waals surface area contributed by atoms with E-state index in [0.29, 0.717) is 13.0 Å². The van der Waals surface area contributed by atoms with E-state index in [1.807, 2.05) is 30.2 Å². The van der Waals surface area contributed by atoms with Crippen molar-refractivity contribution in [2.75, 3.05) is 0 Å². The summed E-state index contributed by atoms with van der Waals surface area (Å²) >= 11 is 0. The minimum absolute atomic E-state index is 0.0896. The Hall–Kier alpha value is -2.11. The minimum Gasteiger partial charge on any atom is -0.352 e. The number of aromatic nitrogens is 4. The highest BCUT2D eigenvalue weighted by Crippen LogP contribution is 2.13. The van der Waals surface area contributed by atoms with E-state index in [2.05, 4.69) is 20.0 Å². The van der Waals surface area contributed by atoms with Crippen LogP contribution < -0.4 is 5.32 Å². The van der Waals surface area contributed by atoms with Crippen LogP contribution in [0.15, 0.2) is 24.8 Å². The number of amides is 1. The van der Waals surface area contributed by atoms with Crippen molar-refractivity contribution in [3.05, 3.63) is 36.2 Å². The first kappa shape index (κ1) is 12.9. The summed E-state index contributed by atoms with van der Waals surface area (Å²) in [7, 11) is 0. The zero-order valence-electron chi connectivity index (χ0n) is 11.6. The van der Waals surface area contributed by atoms with Gasteiger partial charge in [-0.1, -0.05) is 0 Å². The Labute approximate surface area is 117 Å². The smallest absolute Gasteiger partial charge is 0.222 e. The molecule has 1 atom stereocenters. The predicted octanol–water partition coefficient (Wildman–Crippen LogP) is 0.909. The Morgan fingerprint density at radius 2 is 2.45 bits per heavy atom. The van der Waals surface area contributed by atoms with Crippen molar-refractivity contribution in [1.29, 1.82) is 0 Å². The van der Waals surface area contributed by atoms with Crippen LogP contribution >= 0.6 is 0 Å². The van der Waals surface area contributed by atoms with Crippen molar-refractivity contribution in [3.8, 4) is 0 Å². The first-order chi connectivity index (χ1) is 9.70. The molecule has 1 amide bonds. The number of carbonyl (C=O) groups excluding carboxylic acids is 1. The molecule has 1 aliphatic heterocycles. The van der Waals surface area contributed by atoms with Gasteiger partial charge in [0.2, 0.25) is 5.91 Å². The number of hydrogen-bond acceptors (Lipinski definition) is 3. The number of nitrogens with one attached hydrogen (secondary N) is 1. The predicted molar refractivity (Wildman–Crippen MR) is 74.1 cm³/mol. The molecule has 1 aliphatic rings. The van der Waals surface area contributed by atoms with Gasteiger partial charge in [-0.15, -0.1) is 0 Å². The van der Waals surface area contributed by atoms with Gasteiger partial charge in [0, 0.05) is 50.6 Å². The van der Waals surface area contributed by atoms with Crippen LogP contribution in [0, 0.1) is 6.92 Å². The SMILES string of the molecule is Cc1cnn(CCC(=O)NC2CCc3nccn3C2)c1. The van der Waals surface area contributed by atoms with Crippen molar-refractivity contribution >= 4 is 5.91 Å². The third kappa shape index (κ3) is 2.89. The van der Waals surface area contributed by atoms with E-state index < -0.39 is 0 Å². The van der Waals surface area contributed by atoms with Crippen LogP contribution in [0.3, 0.4) is 0 Å². The lowest BCUT2D eigenvalue weighted by molar-refractivity contribution is -0.122. The number of hydrogen-bond donors (Lipinski definition) is 1. The fourth-order valence-electron chi connectivity index (χ4n) is 2.59. The Kier molecular flexibility index (Phi) is 3.54. The molecule has 6 nitrogen and oxygen atoms in total. The molecule has 20 heavy (non-hydrogen) atoms. The Morgan fingerprint density at radius 1 is 1.55 bits per heavy atom. The third-order valence-electron chi connectivity index (χ3n) is 3.63. The molecule has 2 aromatic rings. The summed E-state index contributed by atoms with van der Waals surface area (Å²) in [6.07, 6.45) is 9.90. The second-order valence-corrected chi connectivity index (χ2v) is 5.33. The van der Waals surface area contributed by atoms with Gasteiger partial charge in [0.1, 0.15) is 5.82 Å². The number of aryl methyl sites for hydroxylation is 3. The summed E-state index contributed by atoms with van der Waals surface area (Å²) in [4.78, 5) is 16.3. The first-order valence-corrected chi connectivity index (χ1v) is 6.99. The molecule has 3 heterocycles. The third-order valence-corrected chi connectivity index (χ3v) is 3.63. The van der Waals surface area contributed by atoms with Crippen LogP contribution in [0.5, 0.6) is 0 Å². The highest BCUT2D eigenvalue weighted by Gasteiger charge is 2.20. The topological polar surface area (TPSA) is 64.7 Å². The summed E-state index contributed by atoms with van der Waals surface area (Å²) in [6, 6.07) is 0.212. The van der Waals surface area contributed by atoms with Crippen molar-refractivity contribution in [2.24, 2.45) is 0 Å². The standard InChI is InChI=1S/C14H19N5O/c1-11-8-16-19(9-11)6-4-14(20)17-12-2-3-13-15-5-7-18(13)10-12/h5,7-9,12H,2-4,6,10H2,1H3,(H,17,20). The largest absolute Gasteiger partial charge is 0.352 e. The van der Waals surface area contributed by atoms with Gasteiger partial charge in [-0.25, -0.2) is 4.98 Å². The lowest BCUT2D eigenvalue weighted by Gasteiger charge is -2.24. The lowest BCUT2D eigenvalue weighted by atomic mass is 10.1. The highest BCUT2D eigenvalue weighted by molar-refractivity contribution is 5.76. The zero-order valence-corrected chi connectivity index (χ0v) is 11.6. The summed E-state index contributed by atoms with van der Waals surface area (Å²) in [5, 5.41) is 7.28. The zero-order chi connectivity index (χ0) is 13.9. The minimum atomic E-state index is 0.0896. The fraction of sp³-hybridized carbons (Fsp3) is 0.500. The average molecular weight is 273 g/mol. The van der Waals surface area contributed by atoms with Gasteiger partial charge in [0.05, 0.1) is 6.20 Å². The molecule has 0 spiro atoms. The summed E-state index contributed by atoms with van der Waals surface area (Å²) in [5.74, 6) is 1.20. The molecular weight excluding hydrogens is 254 g/mol. The summed E-state index contributed by atoms with van der Waals surface area (Å²) in [6.45, 7) is 3.44. The number of fused-ring (bicyclic) bond motifs is 1. The molecule has 0 saturated heterocycles. The van der Waals surface area contributed by atoms with Gasteiger partial charge in [0.15, 0.2) is 0 Å². The molecular formula is C14H19N5O. The molecule has 106 valence electrons. The van der Waals surface area contributed by atoms with Crippen molar-refractivity contribution in [3.63, 3.8) is 0 Å². The van der Waals surface area contributed by atoms with Crippen molar-refractivity contribution in [2.45, 2.75) is 45.3 Å². The second kappa shape index (κ2) is 5.48. The number of carbonyl (C=O) groups is 1. The van der Waals surface area contributed by atoms with Crippen LogP contribution in [0.1, 0.15) is 24.2 Å². The molecule has 0 aliphatic carbocycles. The maximum absolute atomic E-state index is 12.0. The molecule has 0 bridgehead atoms. The Morgan fingerprint density at radius 3 is 3.25 bits per heavy atom. The molecule has 2 aromatic heterocycles. The maximum atomic E-state index is 12.0.